The predicted molar refractivity (Wildman–Crippen MR) is 103 cm³/mol. The van der Waals surface area contributed by atoms with Crippen LogP contribution in [-0.2, 0) is 176 Å². The summed E-state index contributed by atoms with van der Waals surface area (Å²) < 4.78 is 0. The Balaban J connectivity index is -0.000000128. The molecule has 0 saturated heterocycles. The number of rotatable bonds is 6. The average molecular weight is 770 g/mol. The molecule has 141 valence electrons. The van der Waals surface area contributed by atoms with Crippen molar-refractivity contribution in [1.29, 1.82) is 0 Å². The summed E-state index contributed by atoms with van der Waals surface area (Å²) in [7, 11) is 0. The van der Waals surface area contributed by atoms with E-state index in [1.807, 2.05) is 38.1 Å². The first kappa shape index (κ1) is 42.3. The fraction of sp³-hybridized carbons (Fsp3) is 0.455. The molecule has 0 aliphatic heterocycles. The molecule has 6 heteroatoms. The van der Waals surface area contributed by atoms with Gasteiger partial charge in [0.15, 0.2) is 0 Å². The molecule has 1 unspecified atom stereocenters. The summed E-state index contributed by atoms with van der Waals surface area (Å²) in [5, 5.41) is 0. The van der Waals surface area contributed by atoms with Gasteiger partial charge in [-0.05, 0) is 0 Å². The smallest absolute Gasteiger partial charge is 0 e. The fourth-order valence-corrected chi connectivity index (χ4v) is 2.75. The number of benzene rings is 2. The molecule has 1 atom stereocenters. The van der Waals surface area contributed by atoms with Crippen LogP contribution in [0.1, 0.15) is 68.6 Å². The van der Waals surface area contributed by atoms with E-state index in [1.165, 1.54) is 43.2 Å². The van der Waals surface area contributed by atoms with E-state index in [9.17, 15) is 0 Å². The van der Waals surface area contributed by atoms with Crippen molar-refractivity contribution in [2.75, 3.05) is 0 Å². The van der Waals surface area contributed by atoms with Gasteiger partial charge < -0.3 is 12.6 Å². The van der Waals surface area contributed by atoms with Gasteiger partial charge in [0.2, 0.25) is 0 Å². The quantitative estimate of drug-likeness (QED) is 0.237. The Morgan fingerprint density at radius 1 is 0.893 bits per heavy atom. The predicted octanol–water partition coefficient (Wildman–Crippen LogP) is 6.56. The van der Waals surface area contributed by atoms with Crippen molar-refractivity contribution >= 4 is 12.6 Å². The summed E-state index contributed by atoms with van der Waals surface area (Å²) in [5.41, 5.74) is 3.69. The molecule has 0 nitrogen and oxygen atoms in total. The van der Waals surface area contributed by atoms with Crippen LogP contribution in [0, 0.1) is 26.0 Å². The summed E-state index contributed by atoms with van der Waals surface area (Å²) >= 11 is 5.33. The van der Waals surface area contributed by atoms with Crippen molar-refractivity contribution in [3.8, 4) is 0 Å². The molecule has 28 heavy (non-hydrogen) atoms. The van der Waals surface area contributed by atoms with Crippen molar-refractivity contribution in [3.05, 3.63) is 65.2 Å². The molecule has 0 aliphatic rings. The number of hydrogen-bond donors (Lipinski definition) is 0. The molecule has 2 aromatic rings. The van der Waals surface area contributed by atoms with Crippen LogP contribution in [-0.4, -0.2) is 0 Å². The Hall–Kier alpha value is 4.18. The zero-order valence-electron chi connectivity index (χ0n) is 17.9. The van der Waals surface area contributed by atoms with Crippen LogP contribution in [0.25, 0.3) is 0 Å². The normalized spacial score (nSPS) is 9.43. The van der Waals surface area contributed by atoms with E-state index < -0.39 is 0 Å². The number of unbranched alkanes of at least 4 members (excludes halogenated alkanes) is 1. The molecule has 0 spiro atoms. The second-order valence-corrected chi connectivity index (χ2v) is 6.54. The zero-order valence-corrected chi connectivity index (χ0v) is 32.9. The molecular weight excluding hydrogens is 741 g/mol. The van der Waals surface area contributed by atoms with Crippen LogP contribution < -0.4 is 0 Å². The van der Waals surface area contributed by atoms with Crippen molar-refractivity contribution < 1.29 is 164 Å². The van der Waals surface area contributed by atoms with Gasteiger partial charge in [-0.3, -0.25) is 4.90 Å². The maximum absolute atomic E-state index is 5.33. The summed E-state index contributed by atoms with van der Waals surface area (Å²) in [6.45, 7) is 8.57. The third kappa shape index (κ3) is 19.6. The Morgan fingerprint density at radius 2 is 1.54 bits per heavy atom. The summed E-state index contributed by atoms with van der Waals surface area (Å²) in [4.78, 5) is 0.968. The van der Waals surface area contributed by atoms with Gasteiger partial charge in [0.05, 0.1) is 0 Å². The topological polar surface area (TPSA) is 0 Å². The Labute approximate surface area is 305 Å². The minimum Gasteiger partial charge on any atom is -0.859 e. The van der Waals surface area contributed by atoms with E-state index >= 15 is 0 Å². The molecule has 0 fully saturated rings. The van der Waals surface area contributed by atoms with Gasteiger partial charge in [-0.25, -0.2) is 0 Å². The molecule has 5 radical (unpaired) electrons. The van der Waals surface area contributed by atoms with Crippen molar-refractivity contribution in [1.82, 2.24) is 0 Å². The molecule has 2 rings (SSSR count). The SMILES string of the molecule is CCCCC(CCC)c1c[c-]c(C)c([S-])c1.Cc1[c-]cccc1.[Y].[Y].[Y].[Y].[Y]. The molecule has 0 heterocycles. The van der Waals surface area contributed by atoms with Crippen molar-refractivity contribution in [2.24, 2.45) is 0 Å². The molecule has 0 aromatic heterocycles. The third-order valence-corrected chi connectivity index (χ3v) is 4.43. The summed E-state index contributed by atoms with van der Waals surface area (Å²) in [6, 6.07) is 18.5. The average Bonchev–Trinajstić information content (AvgIpc) is 2.55. The number of hydrogen-bond acceptors (Lipinski definition) is 1. The first-order chi connectivity index (χ1) is 11.1. The van der Waals surface area contributed by atoms with Gasteiger partial charge in [0.25, 0.3) is 0 Å². The molecular formula is C22H29SY5-3. The van der Waals surface area contributed by atoms with E-state index in [2.05, 4.69) is 38.1 Å². The molecule has 0 aliphatic carbocycles. The third-order valence-electron chi connectivity index (χ3n) is 4.00. The monoisotopic (exact) mass is 770 g/mol. The van der Waals surface area contributed by atoms with E-state index in [-0.39, 0.29) is 164 Å². The number of aryl methyl sites for hydroxylation is 2. The molecule has 2 aromatic carbocycles. The maximum atomic E-state index is 5.33. The van der Waals surface area contributed by atoms with Crippen LogP contribution in [0.5, 0.6) is 0 Å². The standard InChI is InChI=1S/C15H23S.C7H7.5Y/c1-4-6-8-13(7-5-2)14-10-9-12(3)15(16)11-14;1-7-5-3-2-4-6-7;;;;;/h10-11,13,16H,4-8H2,1-3H3;2-5H,1H3;;;;;/q2*-1;;;;;/p-1. The summed E-state index contributed by atoms with van der Waals surface area (Å²) in [6.07, 6.45) is 6.39. The van der Waals surface area contributed by atoms with Gasteiger partial charge in [0.1, 0.15) is 0 Å². The van der Waals surface area contributed by atoms with Crippen LogP contribution in [0.2, 0.25) is 0 Å². The van der Waals surface area contributed by atoms with Crippen LogP contribution in [0.4, 0.5) is 0 Å². The van der Waals surface area contributed by atoms with Gasteiger partial charge in [-0.1, -0.05) is 65.7 Å². The minimum atomic E-state index is 0. The molecule has 0 bridgehead atoms. The molecule has 0 N–H and O–H groups in total. The Bertz CT molecular complexity index is 564. The summed E-state index contributed by atoms with van der Waals surface area (Å²) in [5.74, 6) is 0.684. The van der Waals surface area contributed by atoms with E-state index in [1.54, 1.807) is 0 Å². The second-order valence-electron chi connectivity index (χ2n) is 6.10. The van der Waals surface area contributed by atoms with Gasteiger partial charge >= 0.3 is 0 Å². The van der Waals surface area contributed by atoms with Gasteiger partial charge in [-0.15, -0.1) is 0 Å². The van der Waals surface area contributed by atoms with Gasteiger partial charge in [-0.2, -0.15) is 65.2 Å². The van der Waals surface area contributed by atoms with Crippen molar-refractivity contribution in [3.63, 3.8) is 0 Å². The van der Waals surface area contributed by atoms with Crippen LogP contribution >= 0.6 is 0 Å². The van der Waals surface area contributed by atoms with E-state index in [0.717, 1.165) is 10.5 Å². The minimum absolute atomic E-state index is 0. The van der Waals surface area contributed by atoms with Crippen LogP contribution in [0.3, 0.4) is 0 Å². The van der Waals surface area contributed by atoms with E-state index in [4.69, 9.17) is 12.6 Å². The Morgan fingerprint density at radius 3 is 1.93 bits per heavy atom. The first-order valence-corrected chi connectivity index (χ1v) is 9.11. The molecule has 0 amide bonds. The second kappa shape index (κ2) is 27.4. The van der Waals surface area contributed by atoms with Crippen molar-refractivity contribution in [2.45, 2.75) is 70.6 Å². The maximum Gasteiger partial charge on any atom is 0 e. The first-order valence-electron chi connectivity index (χ1n) is 8.71. The van der Waals surface area contributed by atoms with Gasteiger partial charge in [0, 0.05) is 164 Å². The van der Waals surface area contributed by atoms with E-state index in [0.29, 0.717) is 5.92 Å². The zero-order chi connectivity index (χ0) is 17.1. The largest absolute Gasteiger partial charge is 0.859 e. The fourth-order valence-electron chi connectivity index (χ4n) is 2.56. The molecule has 0 saturated carbocycles. The Kier molecular flexibility index (Phi) is 41.5. The van der Waals surface area contributed by atoms with Crippen LogP contribution in [0.15, 0.2) is 41.3 Å².